The van der Waals surface area contributed by atoms with E-state index in [1.54, 1.807) is 6.20 Å². The van der Waals surface area contributed by atoms with Crippen LogP contribution in [0.15, 0.2) is 41.7 Å². The summed E-state index contributed by atoms with van der Waals surface area (Å²) in [4.78, 5) is 4.33. The van der Waals surface area contributed by atoms with E-state index in [1.807, 2.05) is 18.3 Å². The van der Waals surface area contributed by atoms with Crippen LogP contribution in [0, 0.1) is 6.92 Å². The van der Waals surface area contributed by atoms with E-state index in [4.69, 9.17) is 0 Å². The summed E-state index contributed by atoms with van der Waals surface area (Å²) in [6.45, 7) is 2.93. The summed E-state index contributed by atoms with van der Waals surface area (Å²) in [6, 6.07) is 8.31. The highest BCUT2D eigenvalue weighted by Gasteiger charge is 2.05. The maximum Gasteiger partial charge on any atom is 0.0669 e. The van der Waals surface area contributed by atoms with Gasteiger partial charge in [-0.1, -0.05) is 24.3 Å². The molecule has 13 heavy (non-hydrogen) atoms. The monoisotopic (exact) mass is 172 g/mol. The smallest absolute Gasteiger partial charge is 0.0669 e. The van der Waals surface area contributed by atoms with Crippen LogP contribution in [-0.4, -0.2) is 12.3 Å². The first kappa shape index (κ1) is 8.05. The van der Waals surface area contributed by atoms with Gasteiger partial charge in [0.25, 0.3) is 0 Å². The van der Waals surface area contributed by atoms with Crippen molar-refractivity contribution in [2.45, 2.75) is 6.92 Å². The molecule has 1 aliphatic heterocycles. The quantitative estimate of drug-likeness (QED) is 0.687. The molecule has 2 heteroatoms. The zero-order valence-electron chi connectivity index (χ0n) is 7.62. The summed E-state index contributed by atoms with van der Waals surface area (Å²) in [6.07, 6.45) is 3.66. The molecule has 0 aromatic heterocycles. The van der Waals surface area contributed by atoms with Crippen LogP contribution in [0.2, 0.25) is 0 Å². The maximum atomic E-state index is 4.33. The molecule has 0 radical (unpaired) electrons. The molecule has 0 bridgehead atoms. The van der Waals surface area contributed by atoms with E-state index in [0.29, 0.717) is 0 Å². The van der Waals surface area contributed by atoms with E-state index in [9.17, 15) is 0 Å². The number of benzene rings is 1. The molecule has 0 saturated heterocycles. The van der Waals surface area contributed by atoms with Gasteiger partial charge in [0.05, 0.1) is 12.3 Å². The zero-order chi connectivity index (χ0) is 9.10. The van der Waals surface area contributed by atoms with E-state index >= 15 is 0 Å². The number of aliphatic imine (C=N–C) groups is 1. The topological polar surface area (TPSA) is 24.4 Å². The van der Waals surface area contributed by atoms with Crippen LogP contribution in [0.3, 0.4) is 0 Å². The second-order valence-corrected chi connectivity index (χ2v) is 3.09. The van der Waals surface area contributed by atoms with Crippen molar-refractivity contribution >= 4 is 5.71 Å². The molecule has 66 valence electrons. The lowest BCUT2D eigenvalue weighted by atomic mass is 10.0. The summed E-state index contributed by atoms with van der Waals surface area (Å²) in [5.41, 5.74) is 3.62. The number of hydrogen-bond acceptors (Lipinski definition) is 2. The second kappa shape index (κ2) is 3.44. The molecule has 2 rings (SSSR count). The average molecular weight is 172 g/mol. The van der Waals surface area contributed by atoms with Crippen molar-refractivity contribution in [1.82, 2.24) is 5.32 Å². The fraction of sp³-hybridized carbons (Fsp3) is 0.182. The number of aryl methyl sites for hydroxylation is 1. The van der Waals surface area contributed by atoms with E-state index in [2.05, 4.69) is 29.4 Å². The van der Waals surface area contributed by atoms with Crippen molar-refractivity contribution in [3.8, 4) is 0 Å². The van der Waals surface area contributed by atoms with Gasteiger partial charge in [-0.25, -0.2) is 0 Å². The van der Waals surface area contributed by atoms with Crippen molar-refractivity contribution in [3.05, 3.63) is 47.8 Å². The average Bonchev–Trinajstić information content (AvgIpc) is 2.20. The van der Waals surface area contributed by atoms with Gasteiger partial charge in [-0.05, 0) is 12.5 Å². The van der Waals surface area contributed by atoms with Gasteiger partial charge in [-0.15, -0.1) is 0 Å². The highest BCUT2D eigenvalue weighted by Crippen LogP contribution is 2.09. The van der Waals surface area contributed by atoms with Crippen LogP contribution in [-0.2, 0) is 0 Å². The Bertz CT molecular complexity index is 364. The fourth-order valence-electron chi connectivity index (χ4n) is 1.44. The summed E-state index contributed by atoms with van der Waals surface area (Å²) in [5.74, 6) is 0. The van der Waals surface area contributed by atoms with Crippen molar-refractivity contribution in [1.29, 1.82) is 0 Å². The van der Waals surface area contributed by atoms with Crippen LogP contribution < -0.4 is 5.32 Å². The summed E-state index contributed by atoms with van der Waals surface area (Å²) in [7, 11) is 0. The lowest BCUT2D eigenvalue weighted by Gasteiger charge is -2.11. The third-order valence-corrected chi connectivity index (χ3v) is 2.15. The lowest BCUT2D eigenvalue weighted by molar-refractivity contribution is 0.987. The Kier molecular flexibility index (Phi) is 2.13. The SMILES string of the molecule is Cc1ccccc1C1=NC=CNC1. The molecule has 0 fully saturated rings. The van der Waals surface area contributed by atoms with Crippen molar-refractivity contribution < 1.29 is 0 Å². The van der Waals surface area contributed by atoms with E-state index < -0.39 is 0 Å². The highest BCUT2D eigenvalue weighted by molar-refractivity contribution is 6.03. The molecule has 1 aromatic rings. The van der Waals surface area contributed by atoms with Gasteiger partial charge >= 0.3 is 0 Å². The Balaban J connectivity index is 2.40. The van der Waals surface area contributed by atoms with E-state index in [0.717, 1.165) is 12.3 Å². The van der Waals surface area contributed by atoms with Gasteiger partial charge in [-0.3, -0.25) is 4.99 Å². The molecule has 2 nitrogen and oxygen atoms in total. The first-order valence-corrected chi connectivity index (χ1v) is 4.39. The zero-order valence-corrected chi connectivity index (χ0v) is 7.62. The van der Waals surface area contributed by atoms with Gasteiger partial charge in [0.15, 0.2) is 0 Å². The summed E-state index contributed by atoms with van der Waals surface area (Å²) >= 11 is 0. The standard InChI is InChI=1S/C11H12N2/c1-9-4-2-3-5-10(9)11-8-12-6-7-13-11/h2-7,12H,8H2,1H3. The molecule has 0 unspecified atom stereocenters. The Hall–Kier alpha value is -1.57. The number of rotatable bonds is 1. The molecule has 0 amide bonds. The Morgan fingerprint density at radius 2 is 2.15 bits per heavy atom. The summed E-state index contributed by atoms with van der Waals surface area (Å²) in [5, 5.41) is 3.15. The fourth-order valence-corrected chi connectivity index (χ4v) is 1.44. The van der Waals surface area contributed by atoms with Gasteiger partial charge in [-0.2, -0.15) is 0 Å². The predicted octanol–water partition coefficient (Wildman–Crippen LogP) is 1.86. The van der Waals surface area contributed by atoms with E-state index in [1.165, 1.54) is 11.1 Å². The first-order valence-electron chi connectivity index (χ1n) is 4.39. The van der Waals surface area contributed by atoms with Crippen LogP contribution >= 0.6 is 0 Å². The van der Waals surface area contributed by atoms with Gasteiger partial charge in [0.1, 0.15) is 0 Å². The maximum absolute atomic E-state index is 4.33. The van der Waals surface area contributed by atoms with Gasteiger partial charge < -0.3 is 5.32 Å². The summed E-state index contributed by atoms with van der Waals surface area (Å²) < 4.78 is 0. The van der Waals surface area contributed by atoms with Gasteiger partial charge in [0.2, 0.25) is 0 Å². The number of nitrogens with zero attached hydrogens (tertiary/aromatic N) is 1. The minimum absolute atomic E-state index is 0.821. The van der Waals surface area contributed by atoms with Gasteiger partial charge in [0, 0.05) is 18.0 Å². The molecule has 0 spiro atoms. The lowest BCUT2D eigenvalue weighted by Crippen LogP contribution is -2.22. The molecular formula is C11H12N2. The molecule has 0 atom stereocenters. The molecule has 1 aliphatic rings. The van der Waals surface area contributed by atoms with E-state index in [-0.39, 0.29) is 0 Å². The van der Waals surface area contributed by atoms with Crippen LogP contribution in [0.5, 0.6) is 0 Å². The largest absolute Gasteiger partial charge is 0.384 e. The Labute approximate surface area is 78.0 Å². The third kappa shape index (κ3) is 1.61. The molecule has 1 N–H and O–H groups in total. The van der Waals surface area contributed by atoms with Crippen LogP contribution in [0.4, 0.5) is 0 Å². The molecule has 0 saturated carbocycles. The molecule has 1 heterocycles. The second-order valence-electron chi connectivity index (χ2n) is 3.09. The Morgan fingerprint density at radius 1 is 1.31 bits per heavy atom. The third-order valence-electron chi connectivity index (χ3n) is 2.15. The molecular weight excluding hydrogens is 160 g/mol. The number of nitrogens with one attached hydrogen (secondary N) is 1. The minimum atomic E-state index is 0.821. The minimum Gasteiger partial charge on any atom is -0.384 e. The molecule has 0 aliphatic carbocycles. The molecule has 1 aromatic carbocycles. The van der Waals surface area contributed by atoms with Crippen LogP contribution in [0.1, 0.15) is 11.1 Å². The highest BCUT2D eigenvalue weighted by atomic mass is 14.9. The predicted molar refractivity (Wildman–Crippen MR) is 54.9 cm³/mol. The number of hydrogen-bond donors (Lipinski definition) is 1. The van der Waals surface area contributed by atoms with Crippen LogP contribution in [0.25, 0.3) is 0 Å². The normalized spacial score (nSPS) is 15.0. The van der Waals surface area contributed by atoms with Crippen molar-refractivity contribution in [2.24, 2.45) is 4.99 Å². The van der Waals surface area contributed by atoms with Crippen molar-refractivity contribution in [2.75, 3.05) is 6.54 Å². The van der Waals surface area contributed by atoms with Crippen molar-refractivity contribution in [3.63, 3.8) is 0 Å². The first-order chi connectivity index (χ1) is 6.38. The Morgan fingerprint density at radius 3 is 2.85 bits per heavy atom.